The first-order valence-corrected chi connectivity index (χ1v) is 7.69. The Morgan fingerprint density at radius 3 is 2.30 bits per heavy atom. The molecule has 1 aromatic rings. The van der Waals surface area contributed by atoms with Crippen molar-refractivity contribution in [3.05, 3.63) is 35.4 Å². The zero-order chi connectivity index (χ0) is 14.7. The lowest BCUT2D eigenvalue weighted by molar-refractivity contribution is -0.938. The number of hydrogen-bond donors (Lipinski definition) is 2. The summed E-state index contributed by atoms with van der Waals surface area (Å²) in [4.78, 5) is 13.3. The number of carbonyl (C=O) groups excluding carboxylic acids is 1. The van der Waals surface area contributed by atoms with E-state index in [9.17, 15) is 4.79 Å². The van der Waals surface area contributed by atoms with E-state index >= 15 is 0 Å². The first kappa shape index (κ1) is 15.0. The topological polar surface area (TPSA) is 33.5 Å². The van der Waals surface area contributed by atoms with Crippen LogP contribution in [0.4, 0.5) is 0 Å². The Bertz CT molecular complexity index is 449. The van der Waals surface area contributed by atoms with Crippen LogP contribution < -0.4 is 10.2 Å². The van der Waals surface area contributed by atoms with Gasteiger partial charge in [-0.1, -0.05) is 38.1 Å². The lowest BCUT2D eigenvalue weighted by Crippen LogP contribution is -3.16. The highest BCUT2D eigenvalue weighted by molar-refractivity contribution is 5.79. The molecule has 3 nitrogen and oxygen atoms in total. The summed E-state index contributed by atoms with van der Waals surface area (Å²) in [7, 11) is 1.72. The van der Waals surface area contributed by atoms with Gasteiger partial charge in [0.1, 0.15) is 6.54 Å². The Morgan fingerprint density at radius 2 is 1.85 bits per heavy atom. The Balaban J connectivity index is 2.06. The molecule has 0 spiro atoms. The van der Waals surface area contributed by atoms with Crippen LogP contribution in [0.3, 0.4) is 0 Å². The van der Waals surface area contributed by atoms with Crippen molar-refractivity contribution in [1.29, 1.82) is 0 Å². The highest BCUT2D eigenvalue weighted by atomic mass is 16.2. The molecule has 0 radical (unpaired) electrons. The fraction of sp³-hybridized carbons (Fsp3) is 0.588. The molecule has 0 bridgehead atoms. The van der Waals surface area contributed by atoms with Gasteiger partial charge in [0.25, 0.3) is 5.91 Å². The Hall–Kier alpha value is -1.35. The molecule has 1 saturated carbocycles. The molecule has 20 heavy (non-hydrogen) atoms. The molecule has 0 heterocycles. The van der Waals surface area contributed by atoms with E-state index in [-0.39, 0.29) is 11.9 Å². The molecule has 0 saturated heterocycles. The van der Waals surface area contributed by atoms with Gasteiger partial charge in [-0.2, -0.15) is 0 Å². The van der Waals surface area contributed by atoms with Crippen LogP contribution in [0, 0.1) is 0 Å². The quantitative estimate of drug-likeness (QED) is 0.810. The van der Waals surface area contributed by atoms with Crippen LogP contribution in [0.2, 0.25) is 0 Å². The Morgan fingerprint density at radius 1 is 1.25 bits per heavy atom. The van der Waals surface area contributed by atoms with E-state index in [1.165, 1.54) is 28.9 Å². The van der Waals surface area contributed by atoms with Gasteiger partial charge in [0, 0.05) is 25.5 Å². The number of quaternary nitrogens is 1. The molecule has 1 unspecified atom stereocenters. The van der Waals surface area contributed by atoms with Crippen LogP contribution in [0.15, 0.2) is 24.3 Å². The normalized spacial score (nSPS) is 17.9. The number of nitrogens with one attached hydrogen (secondary N) is 2. The SMILES string of the molecule is CNC(=O)[C@H](C)[NH+](Cc1ccc(C(C)C)cc1)C1CC1. The van der Waals surface area contributed by atoms with E-state index in [2.05, 4.69) is 43.4 Å². The second-order valence-corrected chi connectivity index (χ2v) is 6.26. The first-order valence-electron chi connectivity index (χ1n) is 7.69. The number of carbonyl (C=O) groups is 1. The maximum Gasteiger partial charge on any atom is 0.277 e. The van der Waals surface area contributed by atoms with Crippen LogP contribution in [0.1, 0.15) is 50.7 Å². The van der Waals surface area contributed by atoms with Gasteiger partial charge in [-0.3, -0.25) is 4.79 Å². The van der Waals surface area contributed by atoms with Gasteiger partial charge in [0.2, 0.25) is 0 Å². The molecule has 0 aromatic heterocycles. The minimum atomic E-state index is 0.0253. The molecule has 2 N–H and O–H groups in total. The number of hydrogen-bond acceptors (Lipinski definition) is 1. The predicted molar refractivity (Wildman–Crippen MR) is 81.7 cm³/mol. The van der Waals surface area contributed by atoms with Gasteiger partial charge in [-0.15, -0.1) is 0 Å². The Labute approximate surface area is 122 Å². The van der Waals surface area contributed by atoms with Gasteiger partial charge < -0.3 is 10.2 Å². The smallest absolute Gasteiger partial charge is 0.277 e. The fourth-order valence-corrected chi connectivity index (χ4v) is 2.75. The lowest BCUT2D eigenvalue weighted by atomic mass is 10.0. The first-order chi connectivity index (χ1) is 9.52. The largest absolute Gasteiger partial charge is 0.354 e. The monoisotopic (exact) mass is 275 g/mol. The summed E-state index contributed by atoms with van der Waals surface area (Å²) < 4.78 is 0. The zero-order valence-electron chi connectivity index (χ0n) is 13.1. The summed E-state index contributed by atoms with van der Waals surface area (Å²) in [5.74, 6) is 0.714. The molecule has 2 rings (SSSR count). The van der Waals surface area contributed by atoms with Gasteiger partial charge in [0.15, 0.2) is 6.04 Å². The summed E-state index contributed by atoms with van der Waals surface area (Å²) in [5.41, 5.74) is 2.70. The molecule has 110 valence electrons. The third-order valence-electron chi connectivity index (χ3n) is 4.35. The summed E-state index contributed by atoms with van der Waals surface area (Å²) in [5, 5.41) is 2.78. The van der Waals surface area contributed by atoms with Crippen molar-refractivity contribution in [2.75, 3.05) is 7.05 Å². The molecule has 1 aliphatic rings. The molecule has 1 aromatic carbocycles. The van der Waals surface area contributed by atoms with Gasteiger partial charge in [0.05, 0.1) is 6.04 Å². The number of amides is 1. The van der Waals surface area contributed by atoms with E-state index in [1.54, 1.807) is 7.05 Å². The minimum Gasteiger partial charge on any atom is -0.354 e. The third-order valence-corrected chi connectivity index (χ3v) is 4.35. The lowest BCUT2D eigenvalue weighted by Gasteiger charge is -2.25. The average Bonchev–Trinajstić information content (AvgIpc) is 3.28. The average molecular weight is 275 g/mol. The van der Waals surface area contributed by atoms with Crippen molar-refractivity contribution in [2.24, 2.45) is 0 Å². The molecular weight excluding hydrogens is 248 g/mol. The van der Waals surface area contributed by atoms with Gasteiger partial charge in [-0.05, 0) is 18.4 Å². The van der Waals surface area contributed by atoms with E-state index in [1.807, 2.05) is 6.92 Å². The fourth-order valence-electron chi connectivity index (χ4n) is 2.75. The van der Waals surface area contributed by atoms with Gasteiger partial charge >= 0.3 is 0 Å². The third kappa shape index (κ3) is 3.60. The van der Waals surface area contributed by atoms with Crippen LogP contribution in [0.5, 0.6) is 0 Å². The van der Waals surface area contributed by atoms with E-state index in [0.29, 0.717) is 12.0 Å². The van der Waals surface area contributed by atoms with Crippen LogP contribution in [0.25, 0.3) is 0 Å². The molecule has 2 atom stereocenters. The summed E-state index contributed by atoms with van der Waals surface area (Å²) in [6.07, 6.45) is 2.50. The highest BCUT2D eigenvalue weighted by Crippen LogP contribution is 2.18. The molecular formula is C17H27N2O+. The van der Waals surface area contributed by atoms with Crippen molar-refractivity contribution < 1.29 is 9.69 Å². The Kier molecular flexibility index (Phi) is 4.81. The summed E-state index contributed by atoms with van der Waals surface area (Å²) in [6.45, 7) is 7.40. The number of benzene rings is 1. The van der Waals surface area contributed by atoms with Crippen LogP contribution in [-0.2, 0) is 11.3 Å². The van der Waals surface area contributed by atoms with Crippen molar-refractivity contribution in [3.63, 3.8) is 0 Å². The standard InChI is InChI=1S/C17H26N2O/c1-12(2)15-7-5-14(6-8-15)11-19(16-9-10-16)13(3)17(20)18-4/h5-8,12-13,16H,9-11H2,1-4H3,(H,18,20)/p+1/t13-/m0/s1. The number of rotatable bonds is 6. The van der Waals surface area contributed by atoms with E-state index < -0.39 is 0 Å². The van der Waals surface area contributed by atoms with Crippen molar-refractivity contribution in [2.45, 2.75) is 58.2 Å². The van der Waals surface area contributed by atoms with Crippen LogP contribution >= 0.6 is 0 Å². The molecule has 1 amide bonds. The molecule has 0 aliphatic heterocycles. The van der Waals surface area contributed by atoms with Crippen molar-refractivity contribution in [3.8, 4) is 0 Å². The second kappa shape index (κ2) is 6.40. The summed E-state index contributed by atoms with van der Waals surface area (Å²) >= 11 is 0. The van der Waals surface area contributed by atoms with E-state index in [0.717, 1.165) is 6.54 Å². The second-order valence-electron chi connectivity index (χ2n) is 6.26. The zero-order valence-corrected chi connectivity index (χ0v) is 13.1. The number of likely N-dealkylation sites (N-methyl/N-ethyl adjacent to an activating group) is 1. The minimum absolute atomic E-state index is 0.0253. The predicted octanol–water partition coefficient (Wildman–Crippen LogP) is 1.49. The van der Waals surface area contributed by atoms with Crippen molar-refractivity contribution in [1.82, 2.24) is 5.32 Å². The highest BCUT2D eigenvalue weighted by Gasteiger charge is 2.38. The van der Waals surface area contributed by atoms with Crippen molar-refractivity contribution >= 4 is 5.91 Å². The van der Waals surface area contributed by atoms with Gasteiger partial charge in [-0.25, -0.2) is 0 Å². The van der Waals surface area contributed by atoms with Crippen LogP contribution in [-0.4, -0.2) is 25.0 Å². The molecule has 1 aliphatic carbocycles. The molecule has 1 fully saturated rings. The maximum absolute atomic E-state index is 11.9. The maximum atomic E-state index is 11.9. The van der Waals surface area contributed by atoms with E-state index in [4.69, 9.17) is 0 Å². The summed E-state index contributed by atoms with van der Waals surface area (Å²) in [6, 6.07) is 9.55. The molecule has 3 heteroatoms.